The van der Waals surface area contributed by atoms with Gasteiger partial charge in [0.2, 0.25) is 0 Å². The van der Waals surface area contributed by atoms with E-state index in [0.29, 0.717) is 22.8 Å². The number of ether oxygens (including phenoxy) is 1. The van der Waals surface area contributed by atoms with E-state index in [-0.39, 0.29) is 6.03 Å². The van der Waals surface area contributed by atoms with Gasteiger partial charge in [-0.2, -0.15) is 0 Å². The van der Waals surface area contributed by atoms with Crippen LogP contribution in [0.2, 0.25) is 5.02 Å². The third-order valence-electron chi connectivity index (χ3n) is 5.95. The van der Waals surface area contributed by atoms with Crippen LogP contribution >= 0.6 is 11.6 Å². The Morgan fingerprint density at radius 2 is 1.88 bits per heavy atom. The van der Waals surface area contributed by atoms with Gasteiger partial charge < -0.3 is 20.3 Å². The zero-order chi connectivity index (χ0) is 22.7. The van der Waals surface area contributed by atoms with Crippen LogP contribution < -0.4 is 15.5 Å². The zero-order valence-corrected chi connectivity index (χ0v) is 19.0. The van der Waals surface area contributed by atoms with E-state index in [0.717, 1.165) is 31.7 Å². The van der Waals surface area contributed by atoms with E-state index in [1.165, 1.54) is 18.4 Å². The molecule has 2 heterocycles. The van der Waals surface area contributed by atoms with Gasteiger partial charge in [0, 0.05) is 49.1 Å². The maximum absolute atomic E-state index is 12.7. The normalized spacial score (nSPS) is 19.4. The summed E-state index contributed by atoms with van der Waals surface area (Å²) in [5.74, 6) is -0.476. The number of rotatable bonds is 5. The largest absolute Gasteiger partial charge is 0.466 e. The molecule has 1 atom stereocenters. The molecule has 4 rings (SSSR count). The van der Waals surface area contributed by atoms with Crippen LogP contribution in [0.15, 0.2) is 59.8 Å². The minimum Gasteiger partial charge on any atom is -0.466 e. The molecule has 0 unspecified atom stereocenters. The minimum atomic E-state index is -0.627. The second-order valence-corrected chi connectivity index (χ2v) is 8.46. The predicted molar refractivity (Wildman–Crippen MR) is 125 cm³/mol. The van der Waals surface area contributed by atoms with Crippen LogP contribution in [0.3, 0.4) is 0 Å². The minimum absolute atomic E-state index is 0.351. The first-order valence-corrected chi connectivity index (χ1v) is 11.0. The summed E-state index contributed by atoms with van der Waals surface area (Å²) in [4.78, 5) is 29.8. The number of carbonyl (C=O) groups excluding carboxylic acids is 2. The van der Waals surface area contributed by atoms with Gasteiger partial charge in [-0.3, -0.25) is 4.90 Å². The monoisotopic (exact) mass is 454 g/mol. The van der Waals surface area contributed by atoms with Crippen LogP contribution in [0.25, 0.3) is 0 Å². The van der Waals surface area contributed by atoms with E-state index in [2.05, 4.69) is 45.6 Å². The highest BCUT2D eigenvalue weighted by Crippen LogP contribution is 2.30. The van der Waals surface area contributed by atoms with Crippen molar-refractivity contribution in [1.82, 2.24) is 15.5 Å². The smallest absolute Gasteiger partial charge is 0.338 e. The molecule has 0 radical (unpaired) electrons. The number of carbonyl (C=O) groups is 2. The predicted octanol–water partition coefficient (Wildman–Crippen LogP) is 3.25. The van der Waals surface area contributed by atoms with Crippen molar-refractivity contribution in [3.8, 4) is 0 Å². The van der Waals surface area contributed by atoms with E-state index < -0.39 is 12.0 Å². The maximum atomic E-state index is 12.7. The van der Waals surface area contributed by atoms with Gasteiger partial charge in [0.1, 0.15) is 0 Å². The molecule has 2 N–H and O–H groups in total. The Hall–Kier alpha value is -3.03. The van der Waals surface area contributed by atoms with Crippen molar-refractivity contribution in [1.29, 1.82) is 0 Å². The summed E-state index contributed by atoms with van der Waals surface area (Å²) in [6.45, 7) is 5.95. The first kappa shape index (κ1) is 22.2. The molecule has 2 amide bonds. The lowest BCUT2D eigenvalue weighted by atomic mass is 9.95. The molecule has 32 heavy (non-hydrogen) atoms. The van der Waals surface area contributed by atoms with Crippen LogP contribution in [-0.4, -0.2) is 56.7 Å². The molecular weight excluding hydrogens is 428 g/mol. The third kappa shape index (κ3) is 4.74. The Balaban J connectivity index is 1.55. The van der Waals surface area contributed by atoms with Crippen LogP contribution in [0.5, 0.6) is 0 Å². The summed E-state index contributed by atoms with van der Waals surface area (Å²) >= 11 is 6.16. The Morgan fingerprint density at radius 1 is 1.12 bits per heavy atom. The van der Waals surface area contributed by atoms with Crippen molar-refractivity contribution >= 4 is 29.3 Å². The topological polar surface area (TPSA) is 73.9 Å². The lowest BCUT2D eigenvalue weighted by molar-refractivity contribution is -0.136. The lowest BCUT2D eigenvalue weighted by Crippen LogP contribution is -2.51. The molecule has 2 aromatic carbocycles. The van der Waals surface area contributed by atoms with Crippen LogP contribution in [-0.2, 0) is 9.53 Å². The van der Waals surface area contributed by atoms with Gasteiger partial charge >= 0.3 is 12.0 Å². The van der Waals surface area contributed by atoms with E-state index >= 15 is 0 Å². The van der Waals surface area contributed by atoms with Crippen molar-refractivity contribution in [2.75, 3.05) is 44.7 Å². The van der Waals surface area contributed by atoms with Gasteiger partial charge in [0.15, 0.2) is 0 Å². The fourth-order valence-electron chi connectivity index (χ4n) is 4.32. The van der Waals surface area contributed by atoms with Crippen LogP contribution in [0.1, 0.15) is 17.2 Å². The Labute approximate surface area is 193 Å². The molecule has 8 heteroatoms. The molecule has 0 saturated carbocycles. The number of hydrogen-bond donors (Lipinski definition) is 2. The van der Waals surface area contributed by atoms with Gasteiger partial charge in [-0.1, -0.05) is 41.9 Å². The molecule has 2 aliphatic rings. The highest BCUT2D eigenvalue weighted by molar-refractivity contribution is 6.30. The SMILES string of the molecule is COC(=O)C1=C(CN2CCN(c3ccccc3C)CC2)NC(=O)N[C@@H]1c1cccc(Cl)c1. The summed E-state index contributed by atoms with van der Waals surface area (Å²) in [5.41, 5.74) is 4.20. The Morgan fingerprint density at radius 3 is 2.56 bits per heavy atom. The first-order valence-electron chi connectivity index (χ1n) is 10.6. The average Bonchev–Trinajstić information content (AvgIpc) is 2.79. The number of anilines is 1. The van der Waals surface area contributed by atoms with Gasteiger partial charge in [0.25, 0.3) is 0 Å². The van der Waals surface area contributed by atoms with E-state index in [1.54, 1.807) is 18.2 Å². The molecular formula is C24H27ClN4O3. The fraction of sp³-hybridized carbons (Fsp3) is 0.333. The van der Waals surface area contributed by atoms with Crippen molar-refractivity contribution in [2.24, 2.45) is 0 Å². The van der Waals surface area contributed by atoms with Gasteiger partial charge in [0.05, 0.1) is 18.7 Å². The van der Waals surface area contributed by atoms with Crippen molar-refractivity contribution in [3.63, 3.8) is 0 Å². The molecule has 2 aliphatic heterocycles. The Bertz CT molecular complexity index is 1050. The van der Waals surface area contributed by atoms with E-state index in [4.69, 9.17) is 16.3 Å². The number of para-hydroxylation sites is 1. The maximum Gasteiger partial charge on any atom is 0.338 e. The number of nitrogens with zero attached hydrogens (tertiary/aromatic N) is 2. The zero-order valence-electron chi connectivity index (χ0n) is 18.2. The number of amides is 2. The second kappa shape index (κ2) is 9.63. The number of halogens is 1. The highest BCUT2D eigenvalue weighted by atomic mass is 35.5. The summed E-state index contributed by atoms with van der Waals surface area (Å²) in [7, 11) is 1.35. The van der Waals surface area contributed by atoms with Crippen molar-refractivity contribution < 1.29 is 14.3 Å². The Kier molecular flexibility index (Phi) is 6.67. The summed E-state index contributed by atoms with van der Waals surface area (Å²) in [6, 6.07) is 14.5. The number of benzene rings is 2. The van der Waals surface area contributed by atoms with Gasteiger partial charge in [-0.25, -0.2) is 9.59 Å². The molecule has 0 aliphatic carbocycles. The summed E-state index contributed by atoms with van der Waals surface area (Å²) in [5, 5.41) is 6.20. The highest BCUT2D eigenvalue weighted by Gasteiger charge is 2.34. The van der Waals surface area contributed by atoms with E-state index in [9.17, 15) is 9.59 Å². The number of nitrogens with one attached hydrogen (secondary N) is 2. The van der Waals surface area contributed by atoms with Crippen molar-refractivity contribution in [2.45, 2.75) is 13.0 Å². The molecule has 1 fully saturated rings. The van der Waals surface area contributed by atoms with Gasteiger partial charge in [-0.15, -0.1) is 0 Å². The summed E-state index contributed by atoms with van der Waals surface area (Å²) in [6.07, 6.45) is 0. The quantitative estimate of drug-likeness (QED) is 0.678. The standard InChI is InChI=1S/C24H27ClN4O3/c1-16-6-3-4-9-20(16)29-12-10-28(11-13-29)15-19-21(23(30)32-2)22(27-24(31)26-19)17-7-5-8-18(25)14-17/h3-9,14,22H,10-13,15H2,1-2H3,(H2,26,27,31)/t22-/m1/s1. The number of aryl methyl sites for hydroxylation is 1. The molecule has 0 spiro atoms. The second-order valence-electron chi connectivity index (χ2n) is 8.02. The fourth-order valence-corrected chi connectivity index (χ4v) is 4.52. The average molecular weight is 455 g/mol. The van der Waals surface area contributed by atoms with Crippen LogP contribution in [0, 0.1) is 6.92 Å². The number of hydrogen-bond acceptors (Lipinski definition) is 5. The number of piperazine rings is 1. The number of urea groups is 1. The third-order valence-corrected chi connectivity index (χ3v) is 6.19. The molecule has 1 saturated heterocycles. The van der Waals surface area contributed by atoms with E-state index in [1.807, 2.05) is 12.1 Å². The van der Waals surface area contributed by atoms with Gasteiger partial charge in [-0.05, 0) is 36.2 Å². The molecule has 7 nitrogen and oxygen atoms in total. The van der Waals surface area contributed by atoms with Crippen LogP contribution in [0.4, 0.5) is 10.5 Å². The molecule has 0 bridgehead atoms. The summed E-state index contributed by atoms with van der Waals surface area (Å²) < 4.78 is 5.07. The lowest BCUT2D eigenvalue weighted by Gasteiger charge is -2.38. The van der Waals surface area contributed by atoms with Crippen molar-refractivity contribution in [3.05, 3.63) is 76.0 Å². The number of esters is 1. The molecule has 168 valence electrons. The first-order chi connectivity index (χ1) is 15.5. The molecule has 2 aromatic rings. The number of methoxy groups -OCH3 is 1. The molecule has 0 aromatic heterocycles.